The number of hydrogen-bond donors (Lipinski definition) is 2. The molecule has 0 saturated carbocycles. The summed E-state index contributed by atoms with van der Waals surface area (Å²) in [6.07, 6.45) is 19.9. The number of unbranched alkanes of at least 4 members (excludes halogenated alkanes) is 16. The molecule has 0 fully saturated rings. The molecule has 228 valence electrons. The minimum Gasteiger partial charge on any atom is -0.549 e. The molecule has 0 heterocycles. The Morgan fingerprint density at radius 1 is 0.487 bits per heavy atom. The molecule has 0 aliphatic heterocycles. The molecule has 0 saturated heterocycles. The minimum atomic E-state index is -3.45. The van der Waals surface area contributed by atoms with Crippen molar-refractivity contribution >= 4 is 69.7 Å². The molecule has 0 atom stereocenters. The monoisotopic (exact) mass is 624 g/mol. The molecule has 2 N–H and O–H groups in total. The van der Waals surface area contributed by atoms with E-state index in [2.05, 4.69) is 13.8 Å². The first-order valence-corrected chi connectivity index (χ1v) is 17.6. The van der Waals surface area contributed by atoms with E-state index < -0.39 is 45.1 Å². The number of carboxylic acids is 2. The summed E-state index contributed by atoms with van der Waals surface area (Å²) in [5.74, 6) is -2.82. The fourth-order valence-corrected chi connectivity index (χ4v) is 5.82. The van der Waals surface area contributed by atoms with Crippen LogP contribution in [0.3, 0.4) is 0 Å². The molecule has 13 heteroatoms. The second-order valence-electron chi connectivity index (χ2n) is 9.68. The van der Waals surface area contributed by atoms with Gasteiger partial charge in [0.2, 0.25) is 20.0 Å². The summed E-state index contributed by atoms with van der Waals surface area (Å²) in [5.41, 5.74) is 0. The van der Waals surface area contributed by atoms with Gasteiger partial charge in [-0.15, -0.1) is 0 Å². The van der Waals surface area contributed by atoms with Gasteiger partial charge in [0.15, 0.2) is 0 Å². The molecule has 0 unspecified atom stereocenters. The molecular formula is C26H52CaN2O8S2. The number of nitrogens with one attached hydrogen (secondary N) is 2. The number of carbonyl (C=O) groups excluding carboxylic acids is 2. The van der Waals surface area contributed by atoms with Crippen LogP contribution in [0.1, 0.15) is 129 Å². The third-order valence-electron chi connectivity index (χ3n) is 5.91. The van der Waals surface area contributed by atoms with E-state index in [0.29, 0.717) is 12.8 Å². The molecule has 39 heavy (non-hydrogen) atoms. The van der Waals surface area contributed by atoms with E-state index in [1.807, 2.05) is 9.44 Å². The number of sulfonamides is 2. The van der Waals surface area contributed by atoms with E-state index in [9.17, 15) is 36.6 Å². The van der Waals surface area contributed by atoms with Crippen LogP contribution in [0.4, 0.5) is 0 Å². The maximum Gasteiger partial charge on any atom is 2.00 e. The van der Waals surface area contributed by atoms with Crippen molar-refractivity contribution in [3.63, 3.8) is 0 Å². The van der Waals surface area contributed by atoms with Crippen molar-refractivity contribution in [2.75, 3.05) is 24.6 Å². The molecule has 0 spiro atoms. The first-order valence-electron chi connectivity index (χ1n) is 14.3. The number of aliphatic carboxylic acids is 2. The van der Waals surface area contributed by atoms with Gasteiger partial charge < -0.3 is 19.8 Å². The summed E-state index contributed by atoms with van der Waals surface area (Å²) < 4.78 is 49.3. The van der Waals surface area contributed by atoms with Crippen LogP contribution >= 0.6 is 0 Å². The molecule has 0 radical (unpaired) electrons. The van der Waals surface area contributed by atoms with E-state index >= 15 is 0 Å². The van der Waals surface area contributed by atoms with Crippen LogP contribution in [0.5, 0.6) is 0 Å². The van der Waals surface area contributed by atoms with Crippen LogP contribution in [-0.2, 0) is 29.6 Å². The van der Waals surface area contributed by atoms with Crippen molar-refractivity contribution in [2.24, 2.45) is 0 Å². The number of hydrogen-bond acceptors (Lipinski definition) is 8. The van der Waals surface area contributed by atoms with Crippen LogP contribution in [0.25, 0.3) is 0 Å². The molecular weight excluding hydrogens is 573 g/mol. The smallest absolute Gasteiger partial charge is 0.549 e. The van der Waals surface area contributed by atoms with Crippen molar-refractivity contribution in [2.45, 2.75) is 129 Å². The average Bonchev–Trinajstić information content (AvgIpc) is 2.85. The molecule has 0 aromatic heterocycles. The van der Waals surface area contributed by atoms with Crippen molar-refractivity contribution in [1.82, 2.24) is 9.44 Å². The number of carboxylic acid groups (broad SMARTS) is 2. The average molecular weight is 625 g/mol. The van der Waals surface area contributed by atoms with Gasteiger partial charge in [0.25, 0.3) is 0 Å². The second kappa shape index (κ2) is 29.5. The van der Waals surface area contributed by atoms with Crippen molar-refractivity contribution < 1.29 is 36.6 Å². The van der Waals surface area contributed by atoms with Gasteiger partial charge in [0, 0.05) is 0 Å². The van der Waals surface area contributed by atoms with Gasteiger partial charge in [0.1, 0.15) is 0 Å². The Labute approximate surface area is 268 Å². The van der Waals surface area contributed by atoms with Crippen LogP contribution in [0.2, 0.25) is 0 Å². The van der Waals surface area contributed by atoms with Gasteiger partial charge in [0.05, 0.1) is 36.5 Å². The van der Waals surface area contributed by atoms with E-state index in [1.54, 1.807) is 0 Å². The summed E-state index contributed by atoms with van der Waals surface area (Å²) in [6, 6.07) is 0. The predicted octanol–water partition coefficient (Wildman–Crippen LogP) is 1.99. The normalized spacial score (nSPS) is 11.3. The Hall–Kier alpha value is 0.0197. The third kappa shape index (κ3) is 38.0. The maximum absolute atomic E-state index is 11.3. The van der Waals surface area contributed by atoms with Crippen LogP contribution in [0, 0.1) is 0 Å². The molecule has 0 rings (SSSR count). The molecule has 0 aliphatic rings. The van der Waals surface area contributed by atoms with E-state index in [0.717, 1.165) is 38.5 Å². The molecule has 0 bridgehead atoms. The van der Waals surface area contributed by atoms with Gasteiger partial charge in [-0.2, -0.15) is 0 Å². The Morgan fingerprint density at radius 2 is 0.718 bits per heavy atom. The molecule has 0 amide bonds. The zero-order chi connectivity index (χ0) is 29.1. The van der Waals surface area contributed by atoms with E-state index in [4.69, 9.17) is 0 Å². The zero-order valence-electron chi connectivity index (χ0n) is 24.3. The Kier molecular flexibility index (Phi) is 32.9. The third-order valence-corrected chi connectivity index (χ3v) is 8.73. The van der Waals surface area contributed by atoms with Crippen LogP contribution in [-0.4, -0.2) is 91.1 Å². The predicted molar refractivity (Wildman–Crippen MR) is 154 cm³/mol. The summed E-state index contributed by atoms with van der Waals surface area (Å²) in [7, 11) is -6.90. The van der Waals surface area contributed by atoms with E-state index in [-0.39, 0.29) is 49.2 Å². The molecule has 0 aromatic carbocycles. The van der Waals surface area contributed by atoms with Crippen LogP contribution in [0.15, 0.2) is 0 Å². The first kappa shape index (κ1) is 43.5. The van der Waals surface area contributed by atoms with Gasteiger partial charge in [-0.05, 0) is 12.8 Å². The fourth-order valence-electron chi connectivity index (χ4n) is 3.69. The van der Waals surface area contributed by atoms with Crippen molar-refractivity contribution in [3.05, 3.63) is 0 Å². The van der Waals surface area contributed by atoms with Crippen LogP contribution < -0.4 is 19.7 Å². The van der Waals surface area contributed by atoms with Gasteiger partial charge in [-0.25, -0.2) is 26.3 Å². The van der Waals surface area contributed by atoms with Crippen molar-refractivity contribution in [1.29, 1.82) is 0 Å². The second-order valence-corrected chi connectivity index (χ2v) is 13.5. The maximum atomic E-state index is 11.3. The minimum absolute atomic E-state index is 0. The zero-order valence-corrected chi connectivity index (χ0v) is 28.2. The Balaban J connectivity index is -0.000000648. The number of carbonyl (C=O) groups is 2. The van der Waals surface area contributed by atoms with Gasteiger partial charge in [-0.3, -0.25) is 0 Å². The number of rotatable bonds is 26. The van der Waals surface area contributed by atoms with Gasteiger partial charge in [-0.1, -0.05) is 117 Å². The standard InChI is InChI=1S/2C13H27NO4S.Ca/c2*1-2-3-4-5-6-7-8-9-10-11-19(17,18)14-12-13(15)16;/h2*14H,2-12H2,1H3,(H,15,16);/q;;+2/p-2. The molecule has 10 nitrogen and oxygen atoms in total. The first-order chi connectivity index (χ1) is 18.0. The largest absolute Gasteiger partial charge is 2.00 e. The topological polar surface area (TPSA) is 173 Å². The van der Waals surface area contributed by atoms with E-state index in [1.165, 1.54) is 64.2 Å². The Morgan fingerprint density at radius 3 is 0.949 bits per heavy atom. The SMILES string of the molecule is CCCCCCCCCCCS(=O)(=O)NCC(=O)[O-].CCCCCCCCCCCS(=O)(=O)NCC(=O)[O-].[Ca+2]. The van der Waals surface area contributed by atoms with Gasteiger partial charge >= 0.3 is 37.7 Å². The van der Waals surface area contributed by atoms with Crippen molar-refractivity contribution in [3.8, 4) is 0 Å². The summed E-state index contributed by atoms with van der Waals surface area (Å²) in [6.45, 7) is 3.10. The summed E-state index contributed by atoms with van der Waals surface area (Å²) in [5, 5.41) is 20.3. The Bertz CT molecular complexity index is 728. The quantitative estimate of drug-likeness (QED) is 0.109. The molecule has 0 aliphatic carbocycles. The molecule has 0 aromatic rings. The summed E-state index contributed by atoms with van der Waals surface area (Å²) >= 11 is 0. The fraction of sp³-hybridized carbons (Fsp3) is 0.923. The summed E-state index contributed by atoms with van der Waals surface area (Å²) in [4.78, 5) is 20.3.